The standard InChI is InChI=1S/C9H13F3N2/c1-6-5-7(9(10,11)12)14(13-6)8(2,3)4/h5H,1-4H3. The van der Waals surface area contributed by atoms with Gasteiger partial charge in [-0.3, -0.25) is 4.68 Å². The molecule has 2 nitrogen and oxygen atoms in total. The number of aromatic nitrogens is 2. The zero-order valence-corrected chi connectivity index (χ0v) is 8.61. The number of hydrogen-bond acceptors (Lipinski definition) is 1. The number of halogens is 3. The van der Waals surface area contributed by atoms with E-state index < -0.39 is 17.4 Å². The van der Waals surface area contributed by atoms with E-state index in [0.29, 0.717) is 5.69 Å². The number of nitrogens with zero attached hydrogens (tertiary/aromatic N) is 2. The van der Waals surface area contributed by atoms with Crippen molar-refractivity contribution in [3.8, 4) is 0 Å². The number of aryl methyl sites for hydroxylation is 1. The zero-order chi connectivity index (χ0) is 11.1. The third-order valence-corrected chi connectivity index (χ3v) is 1.76. The predicted molar refractivity (Wildman–Crippen MR) is 47.0 cm³/mol. The molecule has 0 spiro atoms. The normalized spacial score (nSPS) is 13.4. The molecular formula is C9H13F3N2. The van der Waals surface area contributed by atoms with Crippen molar-refractivity contribution in [2.45, 2.75) is 39.4 Å². The van der Waals surface area contributed by atoms with Gasteiger partial charge in [0.1, 0.15) is 5.69 Å². The van der Waals surface area contributed by atoms with Gasteiger partial charge in [-0.1, -0.05) is 0 Å². The van der Waals surface area contributed by atoms with E-state index in [1.807, 2.05) is 0 Å². The lowest BCUT2D eigenvalue weighted by Crippen LogP contribution is -2.28. The van der Waals surface area contributed by atoms with Gasteiger partial charge in [0, 0.05) is 0 Å². The van der Waals surface area contributed by atoms with Crippen LogP contribution in [-0.4, -0.2) is 9.78 Å². The molecule has 0 N–H and O–H groups in total. The molecule has 0 aliphatic rings. The second-order valence-corrected chi connectivity index (χ2v) is 4.25. The molecule has 0 atom stereocenters. The molecular weight excluding hydrogens is 193 g/mol. The summed E-state index contributed by atoms with van der Waals surface area (Å²) < 4.78 is 38.6. The van der Waals surface area contributed by atoms with Crippen LogP contribution in [-0.2, 0) is 11.7 Å². The largest absolute Gasteiger partial charge is 0.433 e. The van der Waals surface area contributed by atoms with Gasteiger partial charge < -0.3 is 0 Å². The summed E-state index contributed by atoms with van der Waals surface area (Å²) in [7, 11) is 0. The summed E-state index contributed by atoms with van der Waals surface area (Å²) in [5.41, 5.74) is -0.964. The van der Waals surface area contributed by atoms with Gasteiger partial charge in [-0.2, -0.15) is 18.3 Å². The fourth-order valence-electron chi connectivity index (χ4n) is 1.21. The van der Waals surface area contributed by atoms with Crippen LogP contribution in [0.15, 0.2) is 6.07 Å². The highest BCUT2D eigenvalue weighted by Gasteiger charge is 2.37. The molecule has 0 fully saturated rings. The summed E-state index contributed by atoms with van der Waals surface area (Å²) in [5.74, 6) is 0. The molecule has 0 aliphatic heterocycles. The summed E-state index contributed by atoms with van der Waals surface area (Å²) in [4.78, 5) is 0. The minimum atomic E-state index is -4.34. The molecule has 0 aliphatic carbocycles. The highest BCUT2D eigenvalue weighted by atomic mass is 19.4. The van der Waals surface area contributed by atoms with Gasteiger partial charge in [0.25, 0.3) is 0 Å². The highest BCUT2D eigenvalue weighted by molar-refractivity contribution is 5.13. The number of alkyl halides is 3. The Morgan fingerprint density at radius 3 is 2.00 bits per heavy atom. The zero-order valence-electron chi connectivity index (χ0n) is 8.61. The monoisotopic (exact) mass is 206 g/mol. The van der Waals surface area contributed by atoms with Gasteiger partial charge in [-0.05, 0) is 33.8 Å². The molecule has 5 heteroatoms. The SMILES string of the molecule is Cc1cc(C(F)(F)F)n(C(C)(C)C)n1. The second kappa shape index (κ2) is 3.00. The topological polar surface area (TPSA) is 17.8 Å². The predicted octanol–water partition coefficient (Wildman–Crippen LogP) is 2.97. The Labute approximate surface area is 80.7 Å². The van der Waals surface area contributed by atoms with Gasteiger partial charge >= 0.3 is 6.18 Å². The maximum atomic E-state index is 12.5. The molecule has 80 valence electrons. The van der Waals surface area contributed by atoms with Crippen molar-refractivity contribution in [3.05, 3.63) is 17.5 Å². The van der Waals surface area contributed by atoms with Gasteiger partial charge in [-0.15, -0.1) is 0 Å². The molecule has 0 aromatic carbocycles. The fraction of sp³-hybridized carbons (Fsp3) is 0.667. The van der Waals surface area contributed by atoms with Gasteiger partial charge in [0.2, 0.25) is 0 Å². The van der Waals surface area contributed by atoms with Crippen LogP contribution in [0.1, 0.15) is 32.2 Å². The minimum absolute atomic E-state index is 0.382. The van der Waals surface area contributed by atoms with E-state index in [-0.39, 0.29) is 0 Å². The van der Waals surface area contributed by atoms with Crippen LogP contribution >= 0.6 is 0 Å². The fourth-order valence-corrected chi connectivity index (χ4v) is 1.21. The third-order valence-electron chi connectivity index (χ3n) is 1.76. The van der Waals surface area contributed by atoms with Crippen LogP contribution in [0.2, 0.25) is 0 Å². The van der Waals surface area contributed by atoms with E-state index >= 15 is 0 Å². The van der Waals surface area contributed by atoms with Crippen LogP contribution in [0.4, 0.5) is 13.2 Å². The van der Waals surface area contributed by atoms with Crippen molar-refractivity contribution in [1.29, 1.82) is 0 Å². The van der Waals surface area contributed by atoms with Gasteiger partial charge in [-0.25, -0.2) is 0 Å². The Morgan fingerprint density at radius 2 is 1.71 bits per heavy atom. The smallest absolute Gasteiger partial charge is 0.255 e. The van der Waals surface area contributed by atoms with Crippen molar-refractivity contribution in [3.63, 3.8) is 0 Å². The summed E-state index contributed by atoms with van der Waals surface area (Å²) in [6.45, 7) is 6.62. The molecule has 0 bridgehead atoms. The molecule has 1 aromatic heterocycles. The maximum Gasteiger partial charge on any atom is 0.433 e. The molecule has 0 saturated carbocycles. The number of rotatable bonds is 0. The summed E-state index contributed by atoms with van der Waals surface area (Å²) in [5, 5.41) is 3.85. The van der Waals surface area contributed by atoms with Crippen molar-refractivity contribution in [1.82, 2.24) is 9.78 Å². The van der Waals surface area contributed by atoms with E-state index in [1.54, 1.807) is 27.7 Å². The Hall–Kier alpha value is -1.00. The van der Waals surface area contributed by atoms with Gasteiger partial charge in [0.05, 0.1) is 11.2 Å². The average molecular weight is 206 g/mol. The number of hydrogen-bond donors (Lipinski definition) is 0. The Balaban J connectivity index is 3.31. The first-order valence-electron chi connectivity index (χ1n) is 4.27. The van der Waals surface area contributed by atoms with Crippen LogP contribution in [0.25, 0.3) is 0 Å². The van der Waals surface area contributed by atoms with Crippen LogP contribution in [0, 0.1) is 6.92 Å². The summed E-state index contributed by atoms with van der Waals surface area (Å²) in [6, 6.07) is 1.06. The molecule has 1 heterocycles. The lowest BCUT2D eigenvalue weighted by atomic mass is 10.1. The Morgan fingerprint density at radius 1 is 1.21 bits per heavy atom. The molecule has 0 saturated heterocycles. The Bertz CT molecular complexity index is 299. The van der Waals surface area contributed by atoms with Crippen LogP contribution in [0.3, 0.4) is 0 Å². The molecule has 1 rings (SSSR count). The van der Waals surface area contributed by atoms with Crippen LogP contribution < -0.4 is 0 Å². The van der Waals surface area contributed by atoms with Crippen molar-refractivity contribution in [2.75, 3.05) is 0 Å². The van der Waals surface area contributed by atoms with Crippen molar-refractivity contribution in [2.24, 2.45) is 0 Å². The van der Waals surface area contributed by atoms with Crippen LogP contribution in [0.5, 0.6) is 0 Å². The third kappa shape index (κ3) is 2.08. The van der Waals surface area contributed by atoms with E-state index in [0.717, 1.165) is 10.7 Å². The maximum absolute atomic E-state index is 12.5. The van der Waals surface area contributed by atoms with Crippen molar-refractivity contribution < 1.29 is 13.2 Å². The first-order chi connectivity index (χ1) is 6.12. The lowest BCUT2D eigenvalue weighted by Gasteiger charge is -2.23. The first kappa shape index (κ1) is 11.1. The van der Waals surface area contributed by atoms with E-state index in [4.69, 9.17) is 0 Å². The summed E-state index contributed by atoms with van der Waals surface area (Å²) in [6.07, 6.45) is -4.34. The molecule has 1 aromatic rings. The van der Waals surface area contributed by atoms with Gasteiger partial charge in [0.15, 0.2) is 0 Å². The second-order valence-electron chi connectivity index (χ2n) is 4.25. The van der Waals surface area contributed by atoms with Crippen molar-refractivity contribution >= 4 is 0 Å². The molecule has 0 amide bonds. The quantitative estimate of drug-likeness (QED) is 0.638. The van der Waals surface area contributed by atoms with E-state index in [2.05, 4.69) is 5.10 Å². The highest BCUT2D eigenvalue weighted by Crippen LogP contribution is 2.32. The molecule has 0 unspecified atom stereocenters. The first-order valence-corrected chi connectivity index (χ1v) is 4.27. The lowest BCUT2D eigenvalue weighted by molar-refractivity contribution is -0.146. The minimum Gasteiger partial charge on any atom is -0.255 e. The average Bonchev–Trinajstić information content (AvgIpc) is 2.27. The molecule has 14 heavy (non-hydrogen) atoms. The van der Waals surface area contributed by atoms with E-state index in [1.165, 1.54) is 0 Å². The Kier molecular flexibility index (Phi) is 2.37. The summed E-state index contributed by atoms with van der Waals surface area (Å²) >= 11 is 0. The molecule has 0 radical (unpaired) electrons. The van der Waals surface area contributed by atoms with E-state index in [9.17, 15) is 13.2 Å².